The van der Waals surface area contributed by atoms with Crippen molar-refractivity contribution in [1.82, 2.24) is 9.71 Å². The molecular formula is C16H19N3O4S. The van der Waals surface area contributed by atoms with Gasteiger partial charge in [0.1, 0.15) is 5.60 Å². The first kappa shape index (κ1) is 17.7. The molecule has 0 aliphatic heterocycles. The lowest BCUT2D eigenvalue weighted by Crippen LogP contribution is -2.39. The van der Waals surface area contributed by atoms with Crippen molar-refractivity contribution in [1.29, 1.82) is 0 Å². The summed E-state index contributed by atoms with van der Waals surface area (Å²) in [6.45, 7) is 4.93. The predicted molar refractivity (Wildman–Crippen MR) is 91.6 cm³/mol. The second-order valence-electron chi connectivity index (χ2n) is 6.03. The maximum atomic E-state index is 12.0. The van der Waals surface area contributed by atoms with Gasteiger partial charge in [-0.15, -0.1) is 0 Å². The van der Waals surface area contributed by atoms with Gasteiger partial charge < -0.3 is 4.74 Å². The molecule has 2 N–H and O–H groups in total. The van der Waals surface area contributed by atoms with Gasteiger partial charge in [0.15, 0.2) is 0 Å². The van der Waals surface area contributed by atoms with Gasteiger partial charge in [0, 0.05) is 12.4 Å². The largest absolute Gasteiger partial charge is 0.443 e. The third-order valence-electron chi connectivity index (χ3n) is 2.75. The van der Waals surface area contributed by atoms with Crippen molar-refractivity contribution < 1.29 is 17.9 Å². The number of pyridine rings is 1. The normalized spacial score (nSPS) is 11.6. The molecule has 2 rings (SSSR count). The van der Waals surface area contributed by atoms with Crippen LogP contribution >= 0.6 is 0 Å². The molecule has 7 nitrogen and oxygen atoms in total. The zero-order chi connectivity index (χ0) is 17.8. The van der Waals surface area contributed by atoms with E-state index < -0.39 is 21.9 Å². The highest BCUT2D eigenvalue weighted by atomic mass is 32.2. The fraction of sp³-hybridized carbons (Fsp3) is 0.250. The molecule has 0 saturated heterocycles. The number of anilines is 1. The van der Waals surface area contributed by atoms with E-state index in [0.717, 1.165) is 11.1 Å². The summed E-state index contributed by atoms with van der Waals surface area (Å²) in [4.78, 5) is 15.5. The van der Waals surface area contributed by atoms with Gasteiger partial charge in [0.25, 0.3) is 0 Å². The van der Waals surface area contributed by atoms with Crippen LogP contribution in [-0.2, 0) is 14.9 Å². The first-order valence-corrected chi connectivity index (χ1v) is 8.67. The highest BCUT2D eigenvalue weighted by Crippen LogP contribution is 2.22. The number of amides is 1. The van der Waals surface area contributed by atoms with E-state index in [1.807, 2.05) is 22.9 Å². The van der Waals surface area contributed by atoms with Gasteiger partial charge in [-0.25, -0.2) is 9.52 Å². The Balaban J connectivity index is 2.11. The first-order chi connectivity index (χ1) is 11.1. The zero-order valence-corrected chi connectivity index (χ0v) is 14.4. The van der Waals surface area contributed by atoms with E-state index in [9.17, 15) is 13.2 Å². The molecule has 0 saturated carbocycles. The lowest BCUT2D eigenvalue weighted by atomic mass is 10.1. The summed E-state index contributed by atoms with van der Waals surface area (Å²) < 4.78 is 33.1. The van der Waals surface area contributed by atoms with Crippen LogP contribution in [0.1, 0.15) is 20.8 Å². The maximum Gasteiger partial charge on any atom is 0.422 e. The Bertz CT molecular complexity index is 815. The molecule has 0 spiro atoms. The molecule has 1 heterocycles. The third kappa shape index (κ3) is 5.54. The first-order valence-electron chi connectivity index (χ1n) is 7.19. The zero-order valence-electron chi connectivity index (χ0n) is 13.6. The SMILES string of the molecule is CC(C)(C)OC(=O)NS(=O)(=O)Nc1cccc(-c2ccncc2)c1. The number of benzene rings is 1. The van der Waals surface area contributed by atoms with E-state index in [-0.39, 0.29) is 0 Å². The molecule has 128 valence electrons. The smallest absolute Gasteiger partial charge is 0.422 e. The third-order valence-corrected chi connectivity index (χ3v) is 3.68. The van der Waals surface area contributed by atoms with Gasteiger partial charge in [0.2, 0.25) is 0 Å². The van der Waals surface area contributed by atoms with Crippen LogP contribution in [0, 0.1) is 0 Å². The van der Waals surface area contributed by atoms with Crippen LogP contribution in [0.25, 0.3) is 11.1 Å². The quantitative estimate of drug-likeness (QED) is 0.884. The van der Waals surface area contributed by atoms with Crippen molar-refractivity contribution in [3.8, 4) is 11.1 Å². The van der Waals surface area contributed by atoms with E-state index in [1.165, 1.54) is 0 Å². The Labute approximate surface area is 141 Å². The summed E-state index contributed by atoms with van der Waals surface area (Å²) in [5.41, 5.74) is 1.24. The molecule has 0 fully saturated rings. The average molecular weight is 349 g/mol. The van der Waals surface area contributed by atoms with Gasteiger partial charge in [0.05, 0.1) is 5.69 Å². The molecule has 0 atom stereocenters. The van der Waals surface area contributed by atoms with Crippen LogP contribution in [0.4, 0.5) is 10.5 Å². The molecule has 1 aromatic heterocycles. The molecule has 2 aromatic rings. The molecule has 0 aliphatic carbocycles. The van der Waals surface area contributed by atoms with Crippen LogP contribution in [0.2, 0.25) is 0 Å². The van der Waals surface area contributed by atoms with Crippen molar-refractivity contribution >= 4 is 22.0 Å². The van der Waals surface area contributed by atoms with Gasteiger partial charge in [-0.3, -0.25) is 9.71 Å². The highest BCUT2D eigenvalue weighted by Gasteiger charge is 2.21. The van der Waals surface area contributed by atoms with Crippen LogP contribution in [0.15, 0.2) is 48.8 Å². The summed E-state index contributed by atoms with van der Waals surface area (Å²) in [7, 11) is -4.09. The minimum absolute atomic E-state index is 0.320. The minimum Gasteiger partial charge on any atom is -0.443 e. The number of rotatable bonds is 4. The van der Waals surface area contributed by atoms with Crippen molar-refractivity contribution in [2.75, 3.05) is 4.72 Å². The van der Waals surface area contributed by atoms with Gasteiger partial charge >= 0.3 is 16.3 Å². The Morgan fingerprint density at radius 2 is 1.75 bits per heavy atom. The van der Waals surface area contributed by atoms with Gasteiger partial charge in [-0.2, -0.15) is 8.42 Å². The number of nitrogens with one attached hydrogen (secondary N) is 2. The molecule has 0 aliphatic rings. The fourth-order valence-corrected chi connectivity index (χ4v) is 2.65. The molecule has 1 aromatic carbocycles. The number of carbonyl (C=O) groups excluding carboxylic acids is 1. The summed E-state index contributed by atoms with van der Waals surface area (Å²) in [6.07, 6.45) is 2.26. The Morgan fingerprint density at radius 1 is 1.08 bits per heavy atom. The molecule has 0 bridgehead atoms. The predicted octanol–water partition coefficient (Wildman–Crippen LogP) is 2.93. The van der Waals surface area contributed by atoms with E-state index >= 15 is 0 Å². The number of ether oxygens (including phenoxy) is 1. The van der Waals surface area contributed by atoms with Gasteiger partial charge in [-0.1, -0.05) is 12.1 Å². The summed E-state index contributed by atoms with van der Waals surface area (Å²) >= 11 is 0. The van der Waals surface area contributed by atoms with Crippen LogP contribution in [0.3, 0.4) is 0 Å². The van der Waals surface area contributed by atoms with E-state index in [1.54, 1.807) is 51.4 Å². The Morgan fingerprint density at radius 3 is 2.38 bits per heavy atom. The molecule has 24 heavy (non-hydrogen) atoms. The lowest BCUT2D eigenvalue weighted by molar-refractivity contribution is 0.0570. The van der Waals surface area contributed by atoms with Crippen molar-refractivity contribution in [2.45, 2.75) is 26.4 Å². The van der Waals surface area contributed by atoms with Gasteiger partial charge in [-0.05, 0) is 56.2 Å². The van der Waals surface area contributed by atoms with Crippen molar-refractivity contribution in [3.05, 3.63) is 48.8 Å². The van der Waals surface area contributed by atoms with Crippen molar-refractivity contribution in [2.24, 2.45) is 0 Å². The Hall–Kier alpha value is -2.61. The lowest BCUT2D eigenvalue weighted by Gasteiger charge is -2.19. The molecule has 0 radical (unpaired) electrons. The molecular weight excluding hydrogens is 330 g/mol. The fourth-order valence-electron chi connectivity index (χ4n) is 1.90. The number of aromatic nitrogens is 1. The maximum absolute atomic E-state index is 12.0. The molecule has 8 heteroatoms. The number of carbonyl (C=O) groups is 1. The van der Waals surface area contributed by atoms with E-state index in [2.05, 4.69) is 9.71 Å². The van der Waals surface area contributed by atoms with Crippen LogP contribution in [-0.4, -0.2) is 25.1 Å². The monoisotopic (exact) mass is 349 g/mol. The van der Waals surface area contributed by atoms with E-state index in [4.69, 9.17) is 4.74 Å². The minimum atomic E-state index is -4.09. The molecule has 0 unspecified atom stereocenters. The van der Waals surface area contributed by atoms with Crippen molar-refractivity contribution in [3.63, 3.8) is 0 Å². The van der Waals surface area contributed by atoms with E-state index in [0.29, 0.717) is 5.69 Å². The average Bonchev–Trinajstić information content (AvgIpc) is 2.45. The number of hydrogen-bond donors (Lipinski definition) is 2. The second-order valence-corrected chi connectivity index (χ2v) is 7.44. The number of hydrogen-bond acceptors (Lipinski definition) is 5. The number of nitrogens with zero attached hydrogens (tertiary/aromatic N) is 1. The molecule has 1 amide bonds. The van der Waals surface area contributed by atoms with Crippen LogP contribution < -0.4 is 9.44 Å². The second kappa shape index (κ2) is 6.88. The topological polar surface area (TPSA) is 97.4 Å². The Kier molecular flexibility index (Phi) is 5.08. The summed E-state index contributed by atoms with van der Waals surface area (Å²) in [5.74, 6) is 0. The highest BCUT2D eigenvalue weighted by molar-refractivity contribution is 7.91. The standard InChI is InChI=1S/C16H19N3O4S/c1-16(2,3)23-15(20)19-24(21,22)18-14-6-4-5-13(11-14)12-7-9-17-10-8-12/h4-11,18H,1-3H3,(H,19,20). The summed E-state index contributed by atoms with van der Waals surface area (Å²) in [5, 5.41) is 0. The van der Waals surface area contributed by atoms with Crippen LogP contribution in [0.5, 0.6) is 0 Å². The summed E-state index contributed by atoms with van der Waals surface area (Å²) in [6, 6.07) is 10.4.